The van der Waals surface area contributed by atoms with Gasteiger partial charge in [0.05, 0.1) is 0 Å². The van der Waals surface area contributed by atoms with Crippen molar-refractivity contribution < 1.29 is 14.6 Å². The lowest BCUT2D eigenvalue weighted by Gasteiger charge is -2.14. The molecule has 112 valence electrons. The number of fused-ring (bicyclic) bond motifs is 1. The quantitative estimate of drug-likeness (QED) is 0.733. The third-order valence-corrected chi connectivity index (χ3v) is 3.36. The summed E-state index contributed by atoms with van der Waals surface area (Å²) in [5.41, 5.74) is 0. The lowest BCUT2D eigenvalue weighted by Crippen LogP contribution is -2.38. The van der Waals surface area contributed by atoms with Gasteiger partial charge in [-0.25, -0.2) is 0 Å². The maximum Gasteiger partial charge on any atom is 0.320 e. The zero-order valence-electron chi connectivity index (χ0n) is 12.2. The molecule has 0 aliphatic rings. The van der Waals surface area contributed by atoms with E-state index in [0.717, 1.165) is 17.6 Å². The summed E-state index contributed by atoms with van der Waals surface area (Å²) in [6.07, 6.45) is 1.47. The van der Waals surface area contributed by atoms with Crippen LogP contribution in [0.4, 0.5) is 0 Å². The first-order valence-corrected chi connectivity index (χ1v) is 7.28. The largest absolute Gasteiger partial charge is 0.492 e. The van der Waals surface area contributed by atoms with Gasteiger partial charge in [-0.3, -0.25) is 4.79 Å². The number of aliphatic carboxylic acids is 1. The van der Waals surface area contributed by atoms with Crippen LogP contribution in [0.1, 0.15) is 19.8 Å². The molecular weight excluding hydrogens is 266 g/mol. The second-order valence-electron chi connectivity index (χ2n) is 4.99. The van der Waals surface area contributed by atoms with Gasteiger partial charge in [-0.2, -0.15) is 0 Å². The fourth-order valence-corrected chi connectivity index (χ4v) is 2.26. The van der Waals surface area contributed by atoms with Gasteiger partial charge in [0.15, 0.2) is 0 Å². The highest BCUT2D eigenvalue weighted by Gasteiger charge is 2.14. The lowest BCUT2D eigenvalue weighted by atomic mass is 10.1. The average molecular weight is 287 g/mol. The van der Waals surface area contributed by atoms with Gasteiger partial charge in [0.25, 0.3) is 0 Å². The molecule has 0 spiro atoms. The molecule has 21 heavy (non-hydrogen) atoms. The minimum absolute atomic E-state index is 0.450. The fraction of sp³-hybridized carbons (Fsp3) is 0.353. The number of benzene rings is 2. The Hall–Kier alpha value is -2.07. The van der Waals surface area contributed by atoms with E-state index in [4.69, 9.17) is 9.84 Å². The predicted octanol–water partition coefficient (Wildman–Crippen LogP) is 3.06. The SMILES string of the molecule is CCCC(NCCOc1ccc2ccccc2c1)C(=O)O. The minimum Gasteiger partial charge on any atom is -0.492 e. The smallest absolute Gasteiger partial charge is 0.320 e. The van der Waals surface area contributed by atoms with Crippen molar-refractivity contribution in [1.29, 1.82) is 0 Å². The monoisotopic (exact) mass is 287 g/mol. The van der Waals surface area contributed by atoms with Gasteiger partial charge in [0.1, 0.15) is 18.4 Å². The van der Waals surface area contributed by atoms with Gasteiger partial charge < -0.3 is 15.2 Å². The fourth-order valence-electron chi connectivity index (χ4n) is 2.26. The Morgan fingerprint density at radius 2 is 2.00 bits per heavy atom. The van der Waals surface area contributed by atoms with Crippen LogP contribution in [0.2, 0.25) is 0 Å². The molecule has 2 aromatic carbocycles. The number of hydrogen-bond acceptors (Lipinski definition) is 3. The van der Waals surface area contributed by atoms with E-state index in [1.165, 1.54) is 5.39 Å². The molecule has 4 heteroatoms. The number of rotatable bonds is 8. The van der Waals surface area contributed by atoms with Crippen LogP contribution in [0, 0.1) is 0 Å². The molecule has 2 aromatic rings. The van der Waals surface area contributed by atoms with Gasteiger partial charge in [0.2, 0.25) is 0 Å². The molecule has 0 aliphatic heterocycles. The van der Waals surface area contributed by atoms with Crippen molar-refractivity contribution in [3.8, 4) is 5.75 Å². The molecule has 0 bridgehead atoms. The van der Waals surface area contributed by atoms with E-state index < -0.39 is 12.0 Å². The highest BCUT2D eigenvalue weighted by molar-refractivity contribution is 5.83. The average Bonchev–Trinajstić information content (AvgIpc) is 2.50. The number of hydrogen-bond donors (Lipinski definition) is 2. The van der Waals surface area contributed by atoms with Crippen molar-refractivity contribution in [3.05, 3.63) is 42.5 Å². The van der Waals surface area contributed by atoms with Crippen LogP contribution in [0.3, 0.4) is 0 Å². The Balaban J connectivity index is 1.83. The Labute approximate surface area is 124 Å². The Bertz CT molecular complexity index is 597. The van der Waals surface area contributed by atoms with Crippen LogP contribution in [0.15, 0.2) is 42.5 Å². The Morgan fingerprint density at radius 3 is 2.71 bits per heavy atom. The predicted molar refractivity (Wildman–Crippen MR) is 83.8 cm³/mol. The van der Waals surface area contributed by atoms with Crippen LogP contribution in [0.25, 0.3) is 10.8 Å². The van der Waals surface area contributed by atoms with E-state index in [-0.39, 0.29) is 0 Å². The maximum absolute atomic E-state index is 11.0. The van der Waals surface area contributed by atoms with E-state index >= 15 is 0 Å². The molecule has 0 saturated heterocycles. The number of carboxylic acids is 1. The zero-order chi connectivity index (χ0) is 15.1. The number of carboxylic acid groups (broad SMARTS) is 1. The molecule has 0 aromatic heterocycles. The molecule has 2 N–H and O–H groups in total. The van der Waals surface area contributed by atoms with E-state index in [1.54, 1.807) is 0 Å². The molecule has 0 saturated carbocycles. The standard InChI is InChI=1S/C17H21NO3/c1-2-5-16(17(19)20)18-10-11-21-15-9-8-13-6-3-4-7-14(13)12-15/h3-4,6-9,12,16,18H,2,5,10-11H2,1H3,(H,19,20). The van der Waals surface area contributed by atoms with Crippen LogP contribution in [-0.2, 0) is 4.79 Å². The van der Waals surface area contributed by atoms with Crippen molar-refractivity contribution in [2.75, 3.05) is 13.2 Å². The van der Waals surface area contributed by atoms with E-state index in [9.17, 15) is 4.79 Å². The highest BCUT2D eigenvalue weighted by atomic mass is 16.5. The van der Waals surface area contributed by atoms with Gasteiger partial charge in [-0.05, 0) is 29.3 Å². The van der Waals surface area contributed by atoms with Crippen LogP contribution in [0.5, 0.6) is 5.75 Å². The van der Waals surface area contributed by atoms with Crippen molar-refractivity contribution in [1.82, 2.24) is 5.32 Å². The second kappa shape index (κ2) is 7.64. The third kappa shape index (κ3) is 4.46. The molecule has 0 fully saturated rings. The Kier molecular flexibility index (Phi) is 5.58. The molecule has 4 nitrogen and oxygen atoms in total. The first-order chi connectivity index (χ1) is 10.2. The van der Waals surface area contributed by atoms with Crippen LogP contribution < -0.4 is 10.1 Å². The second-order valence-corrected chi connectivity index (χ2v) is 4.99. The molecule has 1 unspecified atom stereocenters. The zero-order valence-corrected chi connectivity index (χ0v) is 12.2. The summed E-state index contributed by atoms with van der Waals surface area (Å²) >= 11 is 0. The van der Waals surface area contributed by atoms with Crippen molar-refractivity contribution >= 4 is 16.7 Å². The molecule has 1 atom stereocenters. The van der Waals surface area contributed by atoms with Gasteiger partial charge >= 0.3 is 5.97 Å². The third-order valence-electron chi connectivity index (χ3n) is 3.36. The van der Waals surface area contributed by atoms with Crippen molar-refractivity contribution in [2.45, 2.75) is 25.8 Å². The summed E-state index contributed by atoms with van der Waals surface area (Å²) in [4.78, 5) is 11.0. The van der Waals surface area contributed by atoms with Gasteiger partial charge in [0, 0.05) is 6.54 Å². The van der Waals surface area contributed by atoms with Crippen LogP contribution in [-0.4, -0.2) is 30.3 Å². The number of ether oxygens (including phenoxy) is 1. The molecule has 2 rings (SSSR count). The van der Waals surface area contributed by atoms with Crippen molar-refractivity contribution in [2.24, 2.45) is 0 Å². The summed E-state index contributed by atoms with van der Waals surface area (Å²) in [6.45, 7) is 2.94. The summed E-state index contributed by atoms with van der Waals surface area (Å²) in [5, 5.41) is 14.4. The molecule has 0 radical (unpaired) electrons. The molecule has 0 aliphatic carbocycles. The molecular formula is C17H21NO3. The normalized spacial score (nSPS) is 12.2. The number of nitrogens with one attached hydrogen (secondary N) is 1. The topological polar surface area (TPSA) is 58.6 Å². The van der Waals surface area contributed by atoms with E-state index in [2.05, 4.69) is 11.4 Å². The number of carbonyl (C=O) groups is 1. The van der Waals surface area contributed by atoms with Gasteiger partial charge in [-0.1, -0.05) is 43.7 Å². The Morgan fingerprint density at radius 1 is 1.24 bits per heavy atom. The van der Waals surface area contributed by atoms with E-state index in [1.807, 2.05) is 43.3 Å². The summed E-state index contributed by atoms with van der Waals surface area (Å²) in [7, 11) is 0. The molecule has 0 amide bonds. The summed E-state index contributed by atoms with van der Waals surface area (Å²) in [5.74, 6) is 0.000390. The highest BCUT2D eigenvalue weighted by Crippen LogP contribution is 2.20. The molecule has 0 heterocycles. The first-order valence-electron chi connectivity index (χ1n) is 7.28. The minimum atomic E-state index is -0.803. The summed E-state index contributed by atoms with van der Waals surface area (Å²) in [6, 6.07) is 13.6. The van der Waals surface area contributed by atoms with E-state index in [0.29, 0.717) is 19.6 Å². The van der Waals surface area contributed by atoms with Gasteiger partial charge in [-0.15, -0.1) is 0 Å². The lowest BCUT2D eigenvalue weighted by molar-refractivity contribution is -0.139. The van der Waals surface area contributed by atoms with Crippen molar-refractivity contribution in [3.63, 3.8) is 0 Å². The maximum atomic E-state index is 11.0. The van der Waals surface area contributed by atoms with Crippen LogP contribution >= 0.6 is 0 Å². The first kappa shape index (κ1) is 15.3. The summed E-state index contributed by atoms with van der Waals surface area (Å²) < 4.78 is 5.67.